The minimum absolute atomic E-state index is 0.0221. The van der Waals surface area contributed by atoms with Crippen molar-refractivity contribution in [2.75, 3.05) is 0 Å². The largest absolute Gasteiger partial charge is 0.391 e. The molecular weight excluding hydrogens is 311 g/mol. The molecule has 19 heavy (non-hydrogen) atoms. The molecule has 104 valence electrons. The first kappa shape index (κ1) is 14.9. The van der Waals surface area contributed by atoms with Gasteiger partial charge in [0.05, 0.1) is 27.2 Å². The van der Waals surface area contributed by atoms with E-state index in [1.165, 1.54) is 6.20 Å². The maximum Gasteiger partial charge on any atom is 0.271 e. The Labute approximate surface area is 126 Å². The summed E-state index contributed by atoms with van der Waals surface area (Å²) in [5.41, 5.74) is 0.0221. The molecule has 1 aliphatic carbocycles. The highest BCUT2D eigenvalue weighted by Crippen LogP contribution is 2.31. The molecule has 2 rings (SSSR count). The minimum Gasteiger partial charge on any atom is -0.391 e. The fourth-order valence-corrected chi connectivity index (χ4v) is 2.68. The predicted octanol–water partition coefficient (Wildman–Crippen LogP) is 3.08. The number of carbonyl (C=O) groups excluding carboxylic acids is 1. The lowest BCUT2D eigenvalue weighted by Crippen LogP contribution is -2.45. The van der Waals surface area contributed by atoms with E-state index in [1.54, 1.807) is 0 Å². The highest BCUT2D eigenvalue weighted by atomic mass is 35.5. The third-order valence-electron chi connectivity index (χ3n) is 3.18. The Hall–Kier alpha value is -0.550. The van der Waals surface area contributed by atoms with Crippen LogP contribution in [0.3, 0.4) is 0 Å². The summed E-state index contributed by atoms with van der Waals surface area (Å²) in [6.45, 7) is 0. The van der Waals surface area contributed by atoms with Crippen molar-refractivity contribution in [3.63, 3.8) is 0 Å². The van der Waals surface area contributed by atoms with E-state index >= 15 is 0 Å². The van der Waals surface area contributed by atoms with Crippen LogP contribution in [0.1, 0.15) is 36.2 Å². The molecule has 0 spiro atoms. The van der Waals surface area contributed by atoms with Gasteiger partial charge in [-0.3, -0.25) is 4.79 Å². The van der Waals surface area contributed by atoms with Crippen molar-refractivity contribution in [3.8, 4) is 0 Å². The number of pyridine rings is 1. The van der Waals surface area contributed by atoms with Crippen LogP contribution in [0.25, 0.3) is 0 Å². The topological polar surface area (TPSA) is 62.2 Å². The smallest absolute Gasteiger partial charge is 0.271 e. The van der Waals surface area contributed by atoms with E-state index in [-0.39, 0.29) is 26.8 Å². The molecule has 1 fully saturated rings. The van der Waals surface area contributed by atoms with Crippen LogP contribution in [0.15, 0.2) is 6.20 Å². The Morgan fingerprint density at radius 2 is 1.95 bits per heavy atom. The van der Waals surface area contributed by atoms with Crippen molar-refractivity contribution in [1.29, 1.82) is 0 Å². The minimum atomic E-state index is -0.528. The summed E-state index contributed by atoms with van der Waals surface area (Å²) in [5.74, 6) is -0.450. The van der Waals surface area contributed by atoms with Crippen LogP contribution in [0, 0.1) is 0 Å². The van der Waals surface area contributed by atoms with E-state index in [9.17, 15) is 9.90 Å². The van der Waals surface area contributed by atoms with E-state index < -0.39 is 12.0 Å². The fraction of sp³-hybridized carbons (Fsp3) is 0.500. The average molecular weight is 324 g/mol. The van der Waals surface area contributed by atoms with E-state index in [2.05, 4.69) is 10.3 Å². The van der Waals surface area contributed by atoms with Crippen molar-refractivity contribution < 1.29 is 9.90 Å². The average Bonchev–Trinajstić information content (AvgIpc) is 2.39. The van der Waals surface area contributed by atoms with E-state index in [0.29, 0.717) is 6.42 Å². The Bertz CT molecular complexity index is 496. The van der Waals surface area contributed by atoms with Crippen LogP contribution in [-0.4, -0.2) is 28.1 Å². The lowest BCUT2D eigenvalue weighted by atomic mass is 9.92. The molecule has 0 unspecified atom stereocenters. The summed E-state index contributed by atoms with van der Waals surface area (Å²) in [6.07, 6.45) is 4.13. The molecule has 1 aliphatic rings. The number of nitrogens with one attached hydrogen (secondary N) is 1. The first-order chi connectivity index (χ1) is 9.00. The molecule has 1 heterocycles. The number of hydrogen-bond acceptors (Lipinski definition) is 3. The van der Waals surface area contributed by atoms with Crippen molar-refractivity contribution >= 4 is 40.7 Å². The second-order valence-corrected chi connectivity index (χ2v) is 5.68. The first-order valence-corrected chi connectivity index (χ1v) is 7.12. The molecule has 1 saturated carbocycles. The zero-order chi connectivity index (χ0) is 14.0. The lowest BCUT2D eigenvalue weighted by molar-refractivity contribution is 0.0714. The van der Waals surface area contributed by atoms with Gasteiger partial charge in [-0.1, -0.05) is 47.6 Å². The van der Waals surface area contributed by atoms with Crippen molar-refractivity contribution in [2.24, 2.45) is 0 Å². The molecule has 0 radical (unpaired) electrons. The molecule has 0 saturated heterocycles. The van der Waals surface area contributed by atoms with E-state index in [0.717, 1.165) is 19.3 Å². The van der Waals surface area contributed by atoms with Crippen molar-refractivity contribution in [3.05, 3.63) is 27.0 Å². The summed E-state index contributed by atoms with van der Waals surface area (Å²) in [6, 6.07) is -0.270. The van der Waals surface area contributed by atoms with Crippen LogP contribution in [0.4, 0.5) is 0 Å². The predicted molar refractivity (Wildman–Crippen MR) is 75.0 cm³/mol. The molecule has 2 N–H and O–H groups in total. The molecule has 1 aromatic rings. The maximum absolute atomic E-state index is 12.1. The molecule has 0 aromatic carbocycles. The number of hydrogen-bond donors (Lipinski definition) is 2. The summed E-state index contributed by atoms with van der Waals surface area (Å²) in [7, 11) is 0. The molecular formula is C12H13Cl3N2O2. The molecule has 2 atom stereocenters. The first-order valence-electron chi connectivity index (χ1n) is 5.99. The van der Waals surface area contributed by atoms with Crippen LogP contribution in [-0.2, 0) is 0 Å². The number of aliphatic hydroxyl groups is 1. The standard InChI is InChI=1S/C12H13Cl3N2O2/c13-6-5-16-11(10(15)9(6)14)12(19)17-7-3-1-2-4-8(7)18/h5,7-8,18H,1-4H2,(H,17,19)/t7-,8-/m1/s1. The van der Waals surface area contributed by atoms with Crippen LogP contribution in [0.5, 0.6) is 0 Å². The van der Waals surface area contributed by atoms with E-state index in [4.69, 9.17) is 34.8 Å². The number of carbonyl (C=O) groups is 1. The third-order valence-corrected chi connectivity index (χ3v) is 4.42. The van der Waals surface area contributed by atoms with Crippen molar-refractivity contribution in [2.45, 2.75) is 37.8 Å². The van der Waals surface area contributed by atoms with Gasteiger partial charge in [-0.2, -0.15) is 0 Å². The summed E-state index contributed by atoms with van der Waals surface area (Å²) < 4.78 is 0. The third kappa shape index (κ3) is 3.31. The molecule has 7 heteroatoms. The fourth-order valence-electron chi connectivity index (χ4n) is 2.12. The molecule has 1 amide bonds. The Morgan fingerprint density at radius 3 is 2.63 bits per heavy atom. The maximum atomic E-state index is 12.1. The SMILES string of the molecule is O=C(N[C@@H]1CCCC[C@H]1O)c1ncc(Cl)c(Cl)c1Cl. The number of rotatable bonds is 2. The number of halogens is 3. The zero-order valence-electron chi connectivity index (χ0n) is 10.00. The number of aromatic nitrogens is 1. The number of aliphatic hydroxyl groups excluding tert-OH is 1. The van der Waals surface area contributed by atoms with Gasteiger partial charge in [-0.05, 0) is 12.8 Å². The van der Waals surface area contributed by atoms with Gasteiger partial charge in [-0.15, -0.1) is 0 Å². The van der Waals surface area contributed by atoms with Gasteiger partial charge in [0.1, 0.15) is 5.69 Å². The van der Waals surface area contributed by atoms with Gasteiger partial charge in [0, 0.05) is 6.20 Å². The molecule has 4 nitrogen and oxygen atoms in total. The van der Waals surface area contributed by atoms with Gasteiger partial charge in [0.15, 0.2) is 0 Å². The molecule has 0 bridgehead atoms. The highest BCUT2D eigenvalue weighted by molar-refractivity contribution is 6.48. The summed E-state index contributed by atoms with van der Waals surface area (Å²) in [5, 5.41) is 12.9. The Balaban J connectivity index is 2.14. The quantitative estimate of drug-likeness (QED) is 0.879. The monoisotopic (exact) mass is 322 g/mol. The molecule has 1 aromatic heterocycles. The Kier molecular flexibility index (Phi) is 4.90. The van der Waals surface area contributed by atoms with Crippen LogP contribution < -0.4 is 5.32 Å². The van der Waals surface area contributed by atoms with Gasteiger partial charge in [0.2, 0.25) is 0 Å². The number of nitrogens with zero attached hydrogens (tertiary/aromatic N) is 1. The normalized spacial score (nSPS) is 23.2. The Morgan fingerprint density at radius 1 is 1.26 bits per heavy atom. The molecule has 0 aliphatic heterocycles. The second kappa shape index (κ2) is 6.27. The zero-order valence-corrected chi connectivity index (χ0v) is 12.3. The van der Waals surface area contributed by atoms with E-state index in [1.807, 2.05) is 0 Å². The van der Waals surface area contributed by atoms with Gasteiger partial charge >= 0.3 is 0 Å². The van der Waals surface area contributed by atoms with Crippen LogP contribution >= 0.6 is 34.8 Å². The van der Waals surface area contributed by atoms with Crippen LogP contribution in [0.2, 0.25) is 15.1 Å². The van der Waals surface area contributed by atoms with Gasteiger partial charge in [0.25, 0.3) is 5.91 Å². The lowest BCUT2D eigenvalue weighted by Gasteiger charge is -2.28. The summed E-state index contributed by atoms with van der Waals surface area (Å²) in [4.78, 5) is 16.0. The van der Waals surface area contributed by atoms with Gasteiger partial charge < -0.3 is 10.4 Å². The van der Waals surface area contributed by atoms with Crippen molar-refractivity contribution in [1.82, 2.24) is 10.3 Å². The summed E-state index contributed by atoms with van der Waals surface area (Å²) >= 11 is 17.6. The second-order valence-electron chi connectivity index (χ2n) is 4.51. The highest BCUT2D eigenvalue weighted by Gasteiger charge is 2.26. The number of amides is 1. The van der Waals surface area contributed by atoms with Gasteiger partial charge in [-0.25, -0.2) is 4.98 Å².